The van der Waals surface area contributed by atoms with Crippen LogP contribution in [-0.2, 0) is 0 Å². The Morgan fingerprint density at radius 2 is 2.12 bits per heavy atom. The fraction of sp³-hybridized carbons (Fsp3) is 0.250. The van der Waals surface area contributed by atoms with Crippen molar-refractivity contribution in [1.82, 2.24) is 4.98 Å². The average Bonchev–Trinajstić information content (AvgIpc) is 2.29. The summed E-state index contributed by atoms with van der Waals surface area (Å²) in [6.07, 6.45) is 2.84. The second-order valence-electron chi connectivity index (χ2n) is 3.36. The Morgan fingerprint density at radius 3 is 2.94 bits per heavy atom. The van der Waals surface area contributed by atoms with Gasteiger partial charge in [-0.25, -0.2) is 0 Å². The monoisotopic (exact) mass is 271 g/mol. The lowest BCUT2D eigenvalue weighted by Gasteiger charge is -2.05. The SMILES string of the molecule is ClCCCSc1ccnc2cc(Cl)ccc12. The number of halogens is 2. The molecular weight excluding hydrogens is 261 g/mol. The number of hydrogen-bond donors (Lipinski definition) is 0. The minimum absolute atomic E-state index is 0.710. The van der Waals surface area contributed by atoms with Crippen LogP contribution in [0.3, 0.4) is 0 Å². The molecule has 0 saturated carbocycles. The van der Waals surface area contributed by atoms with Crippen LogP contribution >= 0.6 is 35.0 Å². The molecule has 0 bridgehead atoms. The van der Waals surface area contributed by atoms with Crippen LogP contribution in [0.15, 0.2) is 35.4 Å². The largest absolute Gasteiger partial charge is 0.256 e. The molecule has 0 amide bonds. The second-order valence-corrected chi connectivity index (χ2v) is 5.31. The molecule has 0 aliphatic heterocycles. The number of thioether (sulfide) groups is 1. The van der Waals surface area contributed by atoms with Gasteiger partial charge < -0.3 is 0 Å². The molecule has 1 aromatic carbocycles. The predicted octanol–water partition coefficient (Wildman–Crippen LogP) is 4.61. The summed E-state index contributed by atoms with van der Waals surface area (Å²) in [5.74, 6) is 1.74. The zero-order valence-electron chi connectivity index (χ0n) is 8.62. The summed E-state index contributed by atoms with van der Waals surface area (Å²) >= 11 is 13.4. The first-order valence-electron chi connectivity index (χ1n) is 5.04. The summed E-state index contributed by atoms with van der Waals surface area (Å²) < 4.78 is 0. The van der Waals surface area contributed by atoms with E-state index in [4.69, 9.17) is 23.2 Å². The van der Waals surface area contributed by atoms with Crippen molar-refractivity contribution in [2.45, 2.75) is 11.3 Å². The fourth-order valence-electron chi connectivity index (χ4n) is 1.46. The highest BCUT2D eigenvalue weighted by Gasteiger charge is 2.02. The number of pyridine rings is 1. The van der Waals surface area contributed by atoms with Crippen LogP contribution in [0.5, 0.6) is 0 Å². The van der Waals surface area contributed by atoms with Crippen molar-refractivity contribution in [3.8, 4) is 0 Å². The maximum atomic E-state index is 5.93. The molecular formula is C12H11Cl2NS. The van der Waals surface area contributed by atoms with E-state index in [1.807, 2.05) is 42.2 Å². The summed E-state index contributed by atoms with van der Waals surface area (Å²) in [6, 6.07) is 7.85. The molecule has 2 rings (SSSR count). The molecule has 0 aliphatic carbocycles. The highest BCUT2D eigenvalue weighted by molar-refractivity contribution is 7.99. The molecule has 0 unspecified atom stereocenters. The fourth-order valence-corrected chi connectivity index (χ4v) is 2.91. The molecule has 16 heavy (non-hydrogen) atoms. The number of aromatic nitrogens is 1. The number of benzene rings is 1. The summed E-state index contributed by atoms with van der Waals surface area (Å²) in [5, 5.41) is 1.88. The van der Waals surface area contributed by atoms with E-state index in [1.54, 1.807) is 0 Å². The molecule has 4 heteroatoms. The zero-order valence-corrected chi connectivity index (χ0v) is 10.9. The lowest BCUT2D eigenvalue weighted by Crippen LogP contribution is -1.85. The minimum Gasteiger partial charge on any atom is -0.256 e. The van der Waals surface area contributed by atoms with Gasteiger partial charge in [0.2, 0.25) is 0 Å². The quantitative estimate of drug-likeness (QED) is 0.458. The van der Waals surface area contributed by atoms with Crippen molar-refractivity contribution >= 4 is 45.9 Å². The van der Waals surface area contributed by atoms with Gasteiger partial charge in [-0.1, -0.05) is 17.7 Å². The molecule has 0 spiro atoms. The van der Waals surface area contributed by atoms with Gasteiger partial charge in [0.05, 0.1) is 5.52 Å². The Labute approximate surface area is 109 Å². The van der Waals surface area contributed by atoms with Gasteiger partial charge in [0, 0.05) is 27.4 Å². The smallest absolute Gasteiger partial charge is 0.0728 e. The maximum Gasteiger partial charge on any atom is 0.0728 e. The normalized spacial score (nSPS) is 10.9. The van der Waals surface area contributed by atoms with Gasteiger partial charge in [-0.15, -0.1) is 23.4 Å². The van der Waals surface area contributed by atoms with Gasteiger partial charge in [-0.05, 0) is 30.4 Å². The molecule has 1 heterocycles. The van der Waals surface area contributed by atoms with Crippen molar-refractivity contribution in [2.75, 3.05) is 11.6 Å². The maximum absolute atomic E-state index is 5.93. The van der Waals surface area contributed by atoms with Crippen molar-refractivity contribution in [3.63, 3.8) is 0 Å². The highest BCUT2D eigenvalue weighted by Crippen LogP contribution is 2.28. The summed E-state index contributed by atoms with van der Waals surface area (Å²) in [6.45, 7) is 0. The lowest BCUT2D eigenvalue weighted by atomic mass is 10.2. The lowest BCUT2D eigenvalue weighted by molar-refractivity contribution is 1.11. The van der Waals surface area contributed by atoms with E-state index in [0.717, 1.165) is 28.1 Å². The van der Waals surface area contributed by atoms with Crippen molar-refractivity contribution < 1.29 is 0 Å². The molecule has 84 valence electrons. The van der Waals surface area contributed by atoms with Gasteiger partial charge in [0.1, 0.15) is 0 Å². The number of hydrogen-bond acceptors (Lipinski definition) is 2. The Kier molecular flexibility index (Phi) is 4.33. The van der Waals surface area contributed by atoms with Crippen molar-refractivity contribution in [1.29, 1.82) is 0 Å². The van der Waals surface area contributed by atoms with Gasteiger partial charge in [0.15, 0.2) is 0 Å². The molecule has 2 aromatic rings. The van der Waals surface area contributed by atoms with Crippen molar-refractivity contribution in [3.05, 3.63) is 35.5 Å². The van der Waals surface area contributed by atoms with E-state index in [0.29, 0.717) is 5.88 Å². The summed E-state index contributed by atoms with van der Waals surface area (Å²) in [5.41, 5.74) is 0.948. The number of alkyl halides is 1. The van der Waals surface area contributed by atoms with Crippen molar-refractivity contribution in [2.24, 2.45) is 0 Å². The predicted molar refractivity (Wildman–Crippen MR) is 72.8 cm³/mol. The molecule has 0 atom stereocenters. The van der Waals surface area contributed by atoms with Crippen LogP contribution in [0.1, 0.15) is 6.42 Å². The Hall–Kier alpha value is -0.440. The zero-order chi connectivity index (χ0) is 11.4. The average molecular weight is 272 g/mol. The molecule has 0 fully saturated rings. The molecule has 1 aromatic heterocycles. The van der Waals surface area contributed by atoms with Gasteiger partial charge in [0.25, 0.3) is 0 Å². The Morgan fingerprint density at radius 1 is 1.25 bits per heavy atom. The Balaban J connectivity index is 2.30. The van der Waals surface area contributed by atoms with E-state index < -0.39 is 0 Å². The standard InChI is InChI=1S/C12H11Cl2NS/c13-5-1-7-16-12-4-6-15-11-8-9(14)2-3-10(11)12/h2-4,6,8H,1,5,7H2. The third-order valence-electron chi connectivity index (χ3n) is 2.20. The van der Waals surface area contributed by atoms with Gasteiger partial charge >= 0.3 is 0 Å². The first-order valence-corrected chi connectivity index (χ1v) is 6.94. The highest BCUT2D eigenvalue weighted by atomic mass is 35.5. The van der Waals surface area contributed by atoms with E-state index in [1.165, 1.54) is 4.90 Å². The first-order chi connectivity index (χ1) is 7.81. The Bertz CT molecular complexity index is 487. The molecule has 0 N–H and O–H groups in total. The van der Waals surface area contributed by atoms with Gasteiger partial charge in [-0.3, -0.25) is 4.98 Å². The van der Waals surface area contributed by atoms with Crippen LogP contribution in [0.25, 0.3) is 10.9 Å². The van der Waals surface area contributed by atoms with E-state index in [-0.39, 0.29) is 0 Å². The van der Waals surface area contributed by atoms with E-state index in [9.17, 15) is 0 Å². The minimum atomic E-state index is 0.710. The molecule has 0 aliphatic rings. The molecule has 0 radical (unpaired) electrons. The number of nitrogens with zero attached hydrogens (tertiary/aromatic N) is 1. The van der Waals surface area contributed by atoms with Gasteiger partial charge in [-0.2, -0.15) is 0 Å². The first kappa shape index (κ1) is 12.0. The number of fused-ring (bicyclic) bond motifs is 1. The molecule has 1 nitrogen and oxygen atoms in total. The van der Waals surface area contributed by atoms with E-state index >= 15 is 0 Å². The second kappa shape index (κ2) is 5.76. The van der Waals surface area contributed by atoms with Crippen LogP contribution < -0.4 is 0 Å². The van der Waals surface area contributed by atoms with Crippen LogP contribution in [-0.4, -0.2) is 16.6 Å². The molecule has 0 saturated heterocycles. The summed E-state index contributed by atoms with van der Waals surface area (Å²) in [4.78, 5) is 5.55. The summed E-state index contributed by atoms with van der Waals surface area (Å²) in [7, 11) is 0. The van der Waals surface area contributed by atoms with Crippen LogP contribution in [0.4, 0.5) is 0 Å². The third-order valence-corrected chi connectivity index (χ3v) is 3.86. The van der Waals surface area contributed by atoms with E-state index in [2.05, 4.69) is 4.98 Å². The third kappa shape index (κ3) is 2.82. The topological polar surface area (TPSA) is 12.9 Å². The number of rotatable bonds is 4. The van der Waals surface area contributed by atoms with Crippen LogP contribution in [0.2, 0.25) is 5.02 Å². The van der Waals surface area contributed by atoms with Crippen LogP contribution in [0, 0.1) is 0 Å².